The van der Waals surface area contributed by atoms with E-state index in [1.165, 1.54) is 0 Å². The summed E-state index contributed by atoms with van der Waals surface area (Å²) in [5.41, 5.74) is 6.87. The van der Waals surface area contributed by atoms with Crippen molar-refractivity contribution in [2.75, 3.05) is 13.2 Å². The maximum atomic E-state index is 12.1. The van der Waals surface area contributed by atoms with Gasteiger partial charge in [0, 0.05) is 24.9 Å². The van der Waals surface area contributed by atoms with Crippen LogP contribution in [-0.4, -0.2) is 25.2 Å². The normalized spacial score (nSPS) is 24.4. The monoisotopic (exact) mass is 290 g/mol. The second-order valence-corrected chi connectivity index (χ2v) is 5.82. The molecule has 3 rings (SSSR count). The summed E-state index contributed by atoms with van der Waals surface area (Å²) < 4.78 is 11.3. The topological polar surface area (TPSA) is 73.6 Å². The highest BCUT2D eigenvalue weighted by molar-refractivity contribution is 5.79. The fourth-order valence-corrected chi connectivity index (χ4v) is 2.91. The first-order valence-corrected chi connectivity index (χ1v) is 7.64. The van der Waals surface area contributed by atoms with Crippen LogP contribution in [-0.2, 0) is 11.3 Å². The van der Waals surface area contributed by atoms with Crippen molar-refractivity contribution in [3.05, 3.63) is 23.8 Å². The first-order chi connectivity index (χ1) is 10.2. The number of carbonyl (C=O) groups excluding carboxylic acids is 1. The van der Waals surface area contributed by atoms with E-state index in [1.54, 1.807) is 0 Å². The van der Waals surface area contributed by atoms with Crippen LogP contribution in [0.2, 0.25) is 0 Å². The van der Waals surface area contributed by atoms with E-state index in [9.17, 15) is 4.79 Å². The molecule has 1 saturated carbocycles. The second kappa shape index (κ2) is 6.35. The van der Waals surface area contributed by atoms with Gasteiger partial charge in [0.15, 0.2) is 11.5 Å². The number of nitrogens with two attached hydrogens (primary N) is 1. The number of amides is 1. The van der Waals surface area contributed by atoms with Gasteiger partial charge in [-0.25, -0.2) is 0 Å². The van der Waals surface area contributed by atoms with Gasteiger partial charge >= 0.3 is 0 Å². The van der Waals surface area contributed by atoms with Gasteiger partial charge in [-0.2, -0.15) is 0 Å². The third-order valence-electron chi connectivity index (χ3n) is 4.12. The average Bonchev–Trinajstić information content (AvgIpc) is 2.79. The average molecular weight is 290 g/mol. The maximum Gasteiger partial charge on any atom is 0.223 e. The van der Waals surface area contributed by atoms with E-state index in [2.05, 4.69) is 5.32 Å². The summed E-state index contributed by atoms with van der Waals surface area (Å²) in [6.45, 7) is 1.87. The van der Waals surface area contributed by atoms with E-state index in [4.69, 9.17) is 15.2 Å². The molecule has 1 aliphatic carbocycles. The van der Waals surface area contributed by atoms with E-state index >= 15 is 0 Å². The predicted molar refractivity (Wildman–Crippen MR) is 79.2 cm³/mol. The highest BCUT2D eigenvalue weighted by Crippen LogP contribution is 2.30. The Hall–Kier alpha value is -1.75. The third-order valence-corrected chi connectivity index (χ3v) is 4.12. The summed E-state index contributed by atoms with van der Waals surface area (Å²) in [4.78, 5) is 12.1. The first kappa shape index (κ1) is 14.2. The molecule has 21 heavy (non-hydrogen) atoms. The smallest absolute Gasteiger partial charge is 0.223 e. The van der Waals surface area contributed by atoms with Crippen LogP contribution >= 0.6 is 0 Å². The fraction of sp³-hybridized carbons (Fsp3) is 0.562. The van der Waals surface area contributed by atoms with E-state index < -0.39 is 0 Å². The molecule has 5 nitrogen and oxygen atoms in total. The Morgan fingerprint density at radius 2 is 2.05 bits per heavy atom. The number of nitrogens with one attached hydrogen (secondary N) is 1. The van der Waals surface area contributed by atoms with Crippen LogP contribution in [0.25, 0.3) is 0 Å². The Morgan fingerprint density at radius 3 is 2.81 bits per heavy atom. The zero-order valence-corrected chi connectivity index (χ0v) is 12.1. The Kier molecular flexibility index (Phi) is 4.29. The quantitative estimate of drug-likeness (QED) is 0.886. The molecule has 0 spiro atoms. The molecule has 1 aromatic rings. The number of benzene rings is 1. The van der Waals surface area contributed by atoms with Gasteiger partial charge in [0.05, 0.1) is 13.2 Å². The molecule has 5 heteroatoms. The Bertz CT molecular complexity index is 518. The number of fused-ring (bicyclic) bond motifs is 1. The van der Waals surface area contributed by atoms with Gasteiger partial charge in [-0.05, 0) is 37.0 Å². The molecule has 2 aliphatic rings. The highest BCUT2D eigenvalue weighted by Gasteiger charge is 2.27. The molecule has 0 bridgehead atoms. The Morgan fingerprint density at radius 1 is 1.24 bits per heavy atom. The lowest BCUT2D eigenvalue weighted by Crippen LogP contribution is -2.30. The summed E-state index contributed by atoms with van der Waals surface area (Å²) in [6.07, 6.45) is 3.53. The van der Waals surface area contributed by atoms with Crippen molar-refractivity contribution in [3.8, 4) is 11.5 Å². The molecule has 0 radical (unpaired) electrons. The minimum Gasteiger partial charge on any atom is -0.490 e. The lowest BCUT2D eigenvalue weighted by molar-refractivity contribution is -0.125. The van der Waals surface area contributed by atoms with Gasteiger partial charge in [0.25, 0.3) is 0 Å². The fourth-order valence-electron chi connectivity index (χ4n) is 2.91. The molecule has 1 amide bonds. The molecule has 1 heterocycles. The molecule has 1 aliphatic heterocycles. The summed E-state index contributed by atoms with van der Waals surface area (Å²) >= 11 is 0. The maximum absolute atomic E-state index is 12.1. The lowest BCUT2D eigenvalue weighted by Gasteiger charge is -2.12. The largest absolute Gasteiger partial charge is 0.490 e. The molecule has 3 N–H and O–H groups in total. The van der Waals surface area contributed by atoms with E-state index in [0.717, 1.165) is 42.7 Å². The van der Waals surface area contributed by atoms with Gasteiger partial charge in [0.1, 0.15) is 0 Å². The van der Waals surface area contributed by atoms with Crippen LogP contribution in [0.1, 0.15) is 31.2 Å². The number of ether oxygens (including phenoxy) is 2. The first-order valence-electron chi connectivity index (χ1n) is 7.64. The summed E-state index contributed by atoms with van der Waals surface area (Å²) in [7, 11) is 0. The van der Waals surface area contributed by atoms with Crippen molar-refractivity contribution in [2.24, 2.45) is 11.7 Å². The minimum absolute atomic E-state index is 0.0698. The minimum atomic E-state index is 0.0698. The van der Waals surface area contributed by atoms with E-state index in [0.29, 0.717) is 19.8 Å². The molecule has 0 saturated heterocycles. The lowest BCUT2D eigenvalue weighted by atomic mass is 10.1. The number of rotatable bonds is 3. The van der Waals surface area contributed by atoms with E-state index in [1.807, 2.05) is 18.2 Å². The number of hydrogen-bond acceptors (Lipinski definition) is 4. The van der Waals surface area contributed by atoms with Crippen molar-refractivity contribution in [1.29, 1.82) is 0 Å². The molecule has 2 atom stereocenters. The number of hydrogen-bond donors (Lipinski definition) is 2. The van der Waals surface area contributed by atoms with Gasteiger partial charge in [-0.1, -0.05) is 6.07 Å². The number of carbonyl (C=O) groups is 1. The van der Waals surface area contributed by atoms with Gasteiger partial charge in [-0.15, -0.1) is 0 Å². The summed E-state index contributed by atoms with van der Waals surface area (Å²) in [6, 6.07) is 6.00. The zero-order chi connectivity index (χ0) is 14.7. The molecular weight excluding hydrogens is 268 g/mol. The van der Waals surface area contributed by atoms with Gasteiger partial charge in [-0.3, -0.25) is 4.79 Å². The Labute approximate surface area is 124 Å². The molecule has 1 aromatic carbocycles. The SMILES string of the molecule is NC1CCC(C(=O)NCc2ccc3c(c2)OCCCO3)C1. The standard InChI is InChI=1S/C16H22N2O3/c17-13-4-3-12(9-13)16(19)18-10-11-2-5-14-15(8-11)21-7-1-6-20-14/h2,5,8,12-13H,1,3-4,6-7,9-10,17H2,(H,18,19). The van der Waals surface area contributed by atoms with Crippen molar-refractivity contribution in [1.82, 2.24) is 5.32 Å². The van der Waals surface area contributed by atoms with Crippen molar-refractivity contribution >= 4 is 5.91 Å². The van der Waals surface area contributed by atoms with Crippen molar-refractivity contribution in [2.45, 2.75) is 38.3 Å². The highest BCUT2D eigenvalue weighted by atomic mass is 16.5. The van der Waals surface area contributed by atoms with Crippen LogP contribution < -0.4 is 20.5 Å². The predicted octanol–water partition coefficient (Wildman–Crippen LogP) is 1.59. The molecule has 0 aromatic heterocycles. The molecular formula is C16H22N2O3. The Balaban J connectivity index is 1.58. The van der Waals surface area contributed by atoms with Crippen molar-refractivity contribution in [3.63, 3.8) is 0 Å². The molecule has 114 valence electrons. The van der Waals surface area contributed by atoms with Crippen LogP contribution in [0.5, 0.6) is 11.5 Å². The third kappa shape index (κ3) is 3.47. The summed E-state index contributed by atoms with van der Waals surface area (Å²) in [5.74, 6) is 1.72. The van der Waals surface area contributed by atoms with Crippen LogP contribution in [0.4, 0.5) is 0 Å². The zero-order valence-electron chi connectivity index (χ0n) is 12.1. The molecule has 2 unspecified atom stereocenters. The van der Waals surface area contributed by atoms with Gasteiger partial charge < -0.3 is 20.5 Å². The van der Waals surface area contributed by atoms with Crippen LogP contribution in [0.15, 0.2) is 18.2 Å². The second-order valence-electron chi connectivity index (χ2n) is 5.82. The van der Waals surface area contributed by atoms with Gasteiger partial charge in [0.2, 0.25) is 5.91 Å². The van der Waals surface area contributed by atoms with E-state index in [-0.39, 0.29) is 17.9 Å². The summed E-state index contributed by atoms with van der Waals surface area (Å²) in [5, 5.41) is 2.99. The van der Waals surface area contributed by atoms with Crippen molar-refractivity contribution < 1.29 is 14.3 Å². The molecule has 1 fully saturated rings. The van der Waals surface area contributed by atoms with Crippen LogP contribution in [0, 0.1) is 5.92 Å². The van der Waals surface area contributed by atoms with Crippen LogP contribution in [0.3, 0.4) is 0 Å².